The van der Waals surface area contributed by atoms with Crippen LogP contribution in [0, 0.1) is 0 Å². The van der Waals surface area contributed by atoms with Crippen LogP contribution in [0.2, 0.25) is 0 Å². The molecule has 0 bridgehead atoms. The van der Waals surface area contributed by atoms with Crippen molar-refractivity contribution in [1.82, 2.24) is 9.55 Å². The number of hydrogen-bond acceptors (Lipinski definition) is 4. The molecule has 0 spiro atoms. The van der Waals surface area contributed by atoms with Crippen LogP contribution in [-0.4, -0.2) is 26.6 Å². The maximum absolute atomic E-state index is 11.3. The van der Waals surface area contributed by atoms with Crippen LogP contribution < -0.4 is 5.73 Å². The lowest BCUT2D eigenvalue weighted by atomic mass is 10.5. The van der Waals surface area contributed by atoms with Crippen LogP contribution in [-0.2, 0) is 16.1 Å². The minimum Gasteiger partial charge on any atom is -0.462 e. The summed E-state index contributed by atoms with van der Waals surface area (Å²) < 4.78 is 6.55. The van der Waals surface area contributed by atoms with Crippen molar-refractivity contribution in [1.29, 1.82) is 0 Å². The number of carbonyl (C=O) groups is 1. The Labute approximate surface area is 93.2 Å². The van der Waals surface area contributed by atoms with Gasteiger partial charge in [-0.2, -0.15) is 0 Å². The van der Waals surface area contributed by atoms with E-state index < -0.39 is 0 Å². The first-order valence-electron chi connectivity index (χ1n) is 4.51. The van der Waals surface area contributed by atoms with E-state index in [4.69, 9.17) is 22.7 Å². The van der Waals surface area contributed by atoms with E-state index in [1.54, 1.807) is 24.6 Å². The predicted octanol–water partition coefficient (Wildman–Crippen LogP) is 0.469. The van der Waals surface area contributed by atoms with Crippen molar-refractivity contribution in [2.45, 2.75) is 26.5 Å². The number of ether oxygens (including phenoxy) is 1. The highest BCUT2D eigenvalue weighted by atomic mass is 32.1. The Morgan fingerprint density at radius 1 is 1.73 bits per heavy atom. The van der Waals surface area contributed by atoms with Gasteiger partial charge in [0.2, 0.25) is 0 Å². The summed E-state index contributed by atoms with van der Waals surface area (Å²) in [7, 11) is 0. The van der Waals surface area contributed by atoms with E-state index in [9.17, 15) is 4.79 Å². The maximum atomic E-state index is 11.3. The number of nitrogens with zero attached hydrogens (tertiary/aromatic N) is 2. The minimum absolute atomic E-state index is 0.0743. The zero-order valence-electron chi connectivity index (χ0n) is 8.64. The first-order chi connectivity index (χ1) is 7.00. The Balaban J connectivity index is 2.68. The number of esters is 1. The molecule has 0 saturated carbocycles. The van der Waals surface area contributed by atoms with Crippen molar-refractivity contribution in [3.8, 4) is 0 Å². The fraction of sp³-hybridized carbons (Fsp3) is 0.444. The molecule has 0 aliphatic heterocycles. The predicted molar refractivity (Wildman–Crippen MR) is 59.3 cm³/mol. The average Bonchev–Trinajstić information content (AvgIpc) is 2.50. The summed E-state index contributed by atoms with van der Waals surface area (Å²) in [6.45, 7) is 3.66. The number of aromatic nitrogens is 2. The number of rotatable bonds is 4. The number of imidazole rings is 1. The Hall–Kier alpha value is -1.43. The van der Waals surface area contributed by atoms with Gasteiger partial charge in [-0.3, -0.25) is 4.79 Å². The van der Waals surface area contributed by atoms with E-state index in [-0.39, 0.29) is 23.6 Å². The molecule has 0 unspecified atom stereocenters. The Morgan fingerprint density at radius 3 is 2.93 bits per heavy atom. The molecule has 82 valence electrons. The smallest absolute Gasteiger partial charge is 0.326 e. The van der Waals surface area contributed by atoms with Crippen LogP contribution in [0.4, 0.5) is 0 Å². The molecule has 6 heteroatoms. The Morgan fingerprint density at radius 2 is 2.40 bits per heavy atom. The molecule has 1 aromatic heterocycles. The summed E-state index contributed by atoms with van der Waals surface area (Å²) in [5, 5.41) is 0. The van der Waals surface area contributed by atoms with Crippen molar-refractivity contribution in [3.05, 3.63) is 18.2 Å². The zero-order valence-corrected chi connectivity index (χ0v) is 9.45. The molecule has 1 heterocycles. The highest BCUT2D eigenvalue weighted by Gasteiger charge is 2.11. The van der Waals surface area contributed by atoms with E-state index in [0.717, 1.165) is 0 Å². The SMILES string of the molecule is CC(C)OC(=O)Cn1ccnc1C(N)=S. The molecule has 0 aliphatic carbocycles. The van der Waals surface area contributed by atoms with Gasteiger partial charge in [0.25, 0.3) is 0 Å². The lowest BCUT2D eigenvalue weighted by Crippen LogP contribution is -2.22. The third-order valence-electron chi connectivity index (χ3n) is 1.60. The standard InChI is InChI=1S/C9H13N3O2S/c1-6(2)14-7(13)5-12-4-3-11-9(12)8(10)15/h3-4,6H,5H2,1-2H3,(H2,10,15). The summed E-state index contributed by atoms with van der Waals surface area (Å²) in [4.78, 5) is 15.4. The van der Waals surface area contributed by atoms with Gasteiger partial charge in [0.05, 0.1) is 6.10 Å². The molecule has 0 fully saturated rings. The van der Waals surface area contributed by atoms with Crippen molar-refractivity contribution in [2.24, 2.45) is 5.73 Å². The largest absolute Gasteiger partial charge is 0.462 e. The monoisotopic (exact) mass is 227 g/mol. The molecule has 0 atom stereocenters. The zero-order chi connectivity index (χ0) is 11.4. The second kappa shape index (κ2) is 4.88. The highest BCUT2D eigenvalue weighted by Crippen LogP contribution is 1.99. The third-order valence-corrected chi connectivity index (χ3v) is 1.79. The quantitative estimate of drug-likeness (QED) is 0.598. The average molecular weight is 227 g/mol. The number of thiocarbonyl (C=S) groups is 1. The number of hydrogen-bond donors (Lipinski definition) is 1. The molecular weight excluding hydrogens is 214 g/mol. The maximum Gasteiger partial charge on any atom is 0.326 e. The Bertz CT molecular complexity index is 373. The molecular formula is C9H13N3O2S. The van der Waals surface area contributed by atoms with Crippen molar-refractivity contribution in [3.63, 3.8) is 0 Å². The molecule has 1 rings (SSSR count). The normalized spacial score (nSPS) is 10.3. The summed E-state index contributed by atoms with van der Waals surface area (Å²) in [6.07, 6.45) is 3.04. The van der Waals surface area contributed by atoms with E-state index in [1.807, 2.05) is 0 Å². The fourth-order valence-corrected chi connectivity index (χ4v) is 1.27. The summed E-state index contributed by atoms with van der Waals surface area (Å²) in [6, 6.07) is 0. The van der Waals surface area contributed by atoms with Gasteiger partial charge in [0.1, 0.15) is 11.5 Å². The molecule has 15 heavy (non-hydrogen) atoms. The molecule has 2 N–H and O–H groups in total. The van der Waals surface area contributed by atoms with Crippen LogP contribution in [0.5, 0.6) is 0 Å². The van der Waals surface area contributed by atoms with E-state index in [1.165, 1.54) is 6.20 Å². The molecule has 1 aromatic rings. The molecule has 0 radical (unpaired) electrons. The summed E-state index contributed by atoms with van der Waals surface area (Å²) in [5.74, 6) is 0.0891. The van der Waals surface area contributed by atoms with Gasteiger partial charge in [-0.05, 0) is 13.8 Å². The van der Waals surface area contributed by atoms with Gasteiger partial charge < -0.3 is 15.0 Å². The number of carbonyl (C=O) groups excluding carboxylic acids is 1. The highest BCUT2D eigenvalue weighted by molar-refractivity contribution is 7.80. The van der Waals surface area contributed by atoms with Crippen molar-refractivity contribution in [2.75, 3.05) is 0 Å². The molecule has 0 amide bonds. The van der Waals surface area contributed by atoms with Crippen LogP contribution in [0.15, 0.2) is 12.4 Å². The first kappa shape index (κ1) is 11.6. The summed E-state index contributed by atoms with van der Waals surface area (Å²) in [5.41, 5.74) is 5.43. The second-order valence-electron chi connectivity index (χ2n) is 3.28. The van der Waals surface area contributed by atoms with Gasteiger partial charge in [-0.1, -0.05) is 12.2 Å². The first-order valence-corrected chi connectivity index (χ1v) is 4.92. The van der Waals surface area contributed by atoms with E-state index in [0.29, 0.717) is 5.82 Å². The van der Waals surface area contributed by atoms with E-state index >= 15 is 0 Å². The van der Waals surface area contributed by atoms with Gasteiger partial charge >= 0.3 is 5.97 Å². The lowest BCUT2D eigenvalue weighted by Gasteiger charge is -2.09. The molecule has 5 nitrogen and oxygen atoms in total. The van der Waals surface area contributed by atoms with E-state index in [2.05, 4.69) is 4.98 Å². The van der Waals surface area contributed by atoms with Gasteiger partial charge in [0.15, 0.2) is 5.82 Å². The lowest BCUT2D eigenvalue weighted by molar-refractivity contribution is -0.148. The van der Waals surface area contributed by atoms with Gasteiger partial charge in [0, 0.05) is 12.4 Å². The summed E-state index contributed by atoms with van der Waals surface area (Å²) >= 11 is 4.79. The minimum atomic E-state index is -0.333. The molecule has 0 saturated heterocycles. The topological polar surface area (TPSA) is 70.1 Å². The van der Waals surface area contributed by atoms with Gasteiger partial charge in [-0.25, -0.2) is 4.98 Å². The molecule has 0 aliphatic rings. The van der Waals surface area contributed by atoms with Gasteiger partial charge in [-0.15, -0.1) is 0 Å². The third kappa shape index (κ3) is 3.32. The van der Waals surface area contributed by atoms with Crippen molar-refractivity contribution < 1.29 is 9.53 Å². The fourth-order valence-electron chi connectivity index (χ4n) is 1.10. The van der Waals surface area contributed by atoms with Crippen LogP contribution in [0.3, 0.4) is 0 Å². The number of nitrogens with two attached hydrogens (primary N) is 1. The van der Waals surface area contributed by atoms with Crippen LogP contribution in [0.25, 0.3) is 0 Å². The van der Waals surface area contributed by atoms with Crippen molar-refractivity contribution >= 4 is 23.2 Å². The Kier molecular flexibility index (Phi) is 3.79. The second-order valence-corrected chi connectivity index (χ2v) is 3.72. The van der Waals surface area contributed by atoms with Crippen LogP contribution in [0.1, 0.15) is 19.7 Å². The van der Waals surface area contributed by atoms with Crippen LogP contribution >= 0.6 is 12.2 Å². The molecule has 0 aromatic carbocycles.